The van der Waals surface area contributed by atoms with Gasteiger partial charge in [0.05, 0.1) is 5.92 Å². The summed E-state index contributed by atoms with van der Waals surface area (Å²) in [6.07, 6.45) is 7.03. The first kappa shape index (κ1) is 22.2. The Kier molecular flexibility index (Phi) is 6.64. The highest BCUT2D eigenvalue weighted by Crippen LogP contribution is 2.30. The molecule has 0 aliphatic carbocycles. The molecule has 1 amide bonds. The van der Waals surface area contributed by atoms with E-state index >= 15 is 0 Å². The number of carbonyl (C=O) groups excluding carboxylic acids is 1. The molecule has 0 saturated carbocycles. The first-order valence-corrected chi connectivity index (χ1v) is 13.1. The van der Waals surface area contributed by atoms with Gasteiger partial charge in [-0.1, -0.05) is 18.1 Å². The summed E-state index contributed by atoms with van der Waals surface area (Å²) in [6, 6.07) is 3.88. The monoisotopic (exact) mass is 463 g/mol. The summed E-state index contributed by atoms with van der Waals surface area (Å²) in [6.45, 7) is 5.96. The molecule has 0 spiro atoms. The van der Waals surface area contributed by atoms with Crippen LogP contribution in [0.25, 0.3) is 12.2 Å². The Morgan fingerprint density at radius 1 is 1.23 bits per heavy atom. The van der Waals surface area contributed by atoms with E-state index in [1.165, 1.54) is 4.31 Å². The second-order valence-corrected chi connectivity index (χ2v) is 11.4. The molecule has 31 heavy (non-hydrogen) atoms. The van der Waals surface area contributed by atoms with Gasteiger partial charge in [-0.05, 0) is 62.1 Å². The molecule has 0 radical (unpaired) electrons. The lowest BCUT2D eigenvalue weighted by molar-refractivity contribution is -0.138. The molecule has 2 aromatic rings. The fourth-order valence-electron chi connectivity index (χ4n) is 4.48. The number of carbonyl (C=O) groups is 1. The van der Waals surface area contributed by atoms with E-state index in [0.29, 0.717) is 24.6 Å². The zero-order valence-electron chi connectivity index (χ0n) is 18.0. The third-order valence-electron chi connectivity index (χ3n) is 6.08. The standard InChI is InChI=1S/C22H29N3O4S2/c1-16-6-3-11-24(14-16)22(26)18-7-4-12-25(15-18)31(27,28)21-17(2)23-29-20(21)10-9-19-8-5-13-30-19/h5,8-10,13,16,18H,3-4,6-7,11-12,14-15H2,1-2H3/b10-9+/t16-,18+/m1/s1. The van der Waals surface area contributed by atoms with Gasteiger partial charge in [0.1, 0.15) is 5.69 Å². The first-order valence-electron chi connectivity index (χ1n) is 10.8. The molecule has 2 aromatic heterocycles. The number of aryl methyl sites for hydroxylation is 1. The zero-order valence-corrected chi connectivity index (χ0v) is 19.6. The molecule has 168 valence electrons. The van der Waals surface area contributed by atoms with E-state index in [4.69, 9.17) is 4.52 Å². The van der Waals surface area contributed by atoms with Gasteiger partial charge in [0.15, 0.2) is 10.7 Å². The van der Waals surface area contributed by atoms with Crippen molar-refractivity contribution >= 4 is 39.4 Å². The summed E-state index contributed by atoms with van der Waals surface area (Å²) in [5.74, 6) is 0.521. The molecular weight excluding hydrogens is 434 g/mol. The third kappa shape index (κ3) is 4.78. The number of hydrogen-bond donors (Lipinski definition) is 0. The maximum absolute atomic E-state index is 13.5. The molecule has 2 aliphatic rings. The number of nitrogens with zero attached hydrogens (tertiary/aromatic N) is 3. The zero-order chi connectivity index (χ0) is 22.0. The van der Waals surface area contributed by atoms with Crippen molar-refractivity contribution in [1.82, 2.24) is 14.4 Å². The minimum Gasteiger partial charge on any atom is -0.355 e. The Balaban J connectivity index is 1.53. The molecule has 7 nitrogen and oxygen atoms in total. The molecular formula is C22H29N3O4S2. The number of aromatic nitrogens is 1. The Labute approximate surface area is 187 Å². The lowest BCUT2D eigenvalue weighted by Crippen LogP contribution is -2.49. The molecule has 0 N–H and O–H groups in total. The van der Waals surface area contributed by atoms with Gasteiger partial charge in [0.25, 0.3) is 0 Å². The Bertz CT molecular complexity index is 1040. The fourth-order valence-corrected chi connectivity index (χ4v) is 6.87. The minimum atomic E-state index is -3.82. The Hall–Kier alpha value is -1.97. The lowest BCUT2D eigenvalue weighted by Gasteiger charge is -2.37. The van der Waals surface area contributed by atoms with Crippen LogP contribution >= 0.6 is 11.3 Å². The number of sulfonamides is 1. The van der Waals surface area contributed by atoms with Gasteiger partial charge >= 0.3 is 0 Å². The molecule has 4 heterocycles. The largest absolute Gasteiger partial charge is 0.355 e. The third-order valence-corrected chi connectivity index (χ3v) is 8.94. The summed E-state index contributed by atoms with van der Waals surface area (Å²) in [4.78, 5) is 16.1. The average Bonchev–Trinajstić information content (AvgIpc) is 3.41. The van der Waals surface area contributed by atoms with Crippen LogP contribution in [0.1, 0.15) is 48.9 Å². The van der Waals surface area contributed by atoms with Crippen molar-refractivity contribution < 1.29 is 17.7 Å². The number of likely N-dealkylation sites (tertiary alicyclic amines) is 1. The van der Waals surface area contributed by atoms with Crippen molar-refractivity contribution in [1.29, 1.82) is 0 Å². The highest BCUT2D eigenvalue weighted by atomic mass is 32.2. The summed E-state index contributed by atoms with van der Waals surface area (Å²) in [5.41, 5.74) is 0.337. The predicted octanol–water partition coefficient (Wildman–Crippen LogP) is 3.87. The van der Waals surface area contributed by atoms with Gasteiger partial charge in [-0.2, -0.15) is 4.31 Å². The van der Waals surface area contributed by atoms with Gasteiger partial charge in [-0.25, -0.2) is 8.42 Å². The second-order valence-electron chi connectivity index (χ2n) is 8.54. The van der Waals surface area contributed by atoms with E-state index < -0.39 is 10.0 Å². The normalized spacial score (nSPS) is 23.5. The van der Waals surface area contributed by atoms with Crippen molar-refractivity contribution in [3.05, 3.63) is 33.8 Å². The van der Waals surface area contributed by atoms with Crippen LogP contribution in [0.2, 0.25) is 0 Å². The van der Waals surface area contributed by atoms with Crippen LogP contribution in [-0.2, 0) is 14.8 Å². The van der Waals surface area contributed by atoms with Crippen molar-refractivity contribution in [2.75, 3.05) is 26.2 Å². The van der Waals surface area contributed by atoms with Crippen molar-refractivity contribution in [2.24, 2.45) is 11.8 Å². The molecule has 9 heteroatoms. The molecule has 2 atom stereocenters. The summed E-state index contributed by atoms with van der Waals surface area (Å²) >= 11 is 1.56. The van der Waals surface area contributed by atoms with Gasteiger partial charge in [-0.15, -0.1) is 11.3 Å². The SMILES string of the molecule is Cc1noc(/C=C/c2cccs2)c1S(=O)(=O)N1CCC[C@H](C(=O)N2CCC[C@@H](C)C2)C1. The minimum absolute atomic E-state index is 0.0892. The number of thiophene rings is 1. The quantitative estimate of drug-likeness (QED) is 0.672. The van der Waals surface area contributed by atoms with Crippen LogP contribution < -0.4 is 0 Å². The first-order chi connectivity index (χ1) is 14.9. The molecule has 0 unspecified atom stereocenters. The van der Waals surface area contributed by atoms with Crippen LogP contribution in [0.5, 0.6) is 0 Å². The van der Waals surface area contributed by atoms with Gasteiger partial charge in [-0.3, -0.25) is 4.79 Å². The molecule has 2 saturated heterocycles. The van der Waals surface area contributed by atoms with Gasteiger partial charge in [0.2, 0.25) is 15.9 Å². The Morgan fingerprint density at radius 3 is 2.77 bits per heavy atom. The van der Waals surface area contributed by atoms with Crippen LogP contribution in [0, 0.1) is 18.8 Å². The number of piperidine rings is 2. The van der Waals surface area contributed by atoms with Crippen LogP contribution in [0.15, 0.2) is 26.9 Å². The maximum atomic E-state index is 13.5. The smallest absolute Gasteiger partial charge is 0.248 e. The average molecular weight is 464 g/mol. The summed E-state index contributed by atoms with van der Waals surface area (Å²) in [5, 5.41) is 5.86. The van der Waals surface area contributed by atoms with Crippen LogP contribution in [0.4, 0.5) is 0 Å². The topological polar surface area (TPSA) is 83.7 Å². The van der Waals surface area contributed by atoms with E-state index in [-0.39, 0.29) is 29.0 Å². The second kappa shape index (κ2) is 9.26. The van der Waals surface area contributed by atoms with E-state index in [1.807, 2.05) is 28.5 Å². The van der Waals surface area contributed by atoms with E-state index in [0.717, 1.165) is 37.2 Å². The summed E-state index contributed by atoms with van der Waals surface area (Å²) in [7, 11) is -3.82. The maximum Gasteiger partial charge on any atom is 0.248 e. The fraction of sp³-hybridized carbons (Fsp3) is 0.545. The van der Waals surface area contributed by atoms with E-state index in [9.17, 15) is 13.2 Å². The molecule has 0 bridgehead atoms. The van der Waals surface area contributed by atoms with Crippen LogP contribution in [0.3, 0.4) is 0 Å². The number of hydrogen-bond acceptors (Lipinski definition) is 6. The van der Waals surface area contributed by atoms with E-state index in [2.05, 4.69) is 12.1 Å². The molecule has 0 aromatic carbocycles. The molecule has 2 fully saturated rings. The van der Waals surface area contributed by atoms with Gasteiger partial charge < -0.3 is 9.42 Å². The highest BCUT2D eigenvalue weighted by molar-refractivity contribution is 7.89. The van der Waals surface area contributed by atoms with Crippen LogP contribution in [-0.4, -0.2) is 54.9 Å². The van der Waals surface area contributed by atoms with Crippen molar-refractivity contribution in [3.8, 4) is 0 Å². The van der Waals surface area contributed by atoms with Crippen molar-refractivity contribution in [2.45, 2.75) is 44.4 Å². The van der Waals surface area contributed by atoms with E-state index in [1.54, 1.807) is 24.3 Å². The number of amides is 1. The number of rotatable bonds is 5. The summed E-state index contributed by atoms with van der Waals surface area (Å²) < 4.78 is 33.8. The molecule has 2 aliphatic heterocycles. The van der Waals surface area contributed by atoms with Crippen molar-refractivity contribution in [3.63, 3.8) is 0 Å². The predicted molar refractivity (Wildman–Crippen MR) is 121 cm³/mol. The Morgan fingerprint density at radius 2 is 2.03 bits per heavy atom. The highest BCUT2D eigenvalue weighted by Gasteiger charge is 2.38. The molecule has 4 rings (SSSR count). The lowest BCUT2D eigenvalue weighted by atomic mass is 9.94. The van der Waals surface area contributed by atoms with Gasteiger partial charge in [0, 0.05) is 31.1 Å².